The van der Waals surface area contributed by atoms with Gasteiger partial charge in [-0.05, 0) is 73.7 Å². The van der Waals surface area contributed by atoms with Crippen LogP contribution in [0.4, 0.5) is 0 Å². The van der Waals surface area contributed by atoms with Gasteiger partial charge in [-0.2, -0.15) is 0 Å². The van der Waals surface area contributed by atoms with Crippen molar-refractivity contribution in [1.29, 1.82) is 0 Å². The van der Waals surface area contributed by atoms with E-state index in [0.717, 1.165) is 0 Å². The molecule has 7 aromatic carbocycles. The molecule has 0 bridgehead atoms. The average molecular weight is 647 g/mol. The predicted molar refractivity (Wildman–Crippen MR) is 204 cm³/mol. The topological polar surface area (TPSA) is 38.9 Å². The molecule has 0 radical (unpaired) electrons. The smallest absolute Gasteiger partial charge is 0.135 e. The van der Waals surface area contributed by atoms with E-state index < -0.39 is 177 Å². The molecule has 10 rings (SSSR count). The van der Waals surface area contributed by atoms with Gasteiger partial charge in [0.1, 0.15) is 11.5 Å². The Bertz CT molecular complexity index is 4120. The largest absolute Gasteiger partial charge is 0.456 e. The number of furan rings is 1. The Kier molecular flexibility index (Phi) is 3.03. The molecule has 3 heteroatoms. The number of nitrogens with zero attached hydrogens (tertiary/aromatic N) is 2. The highest BCUT2D eigenvalue weighted by molar-refractivity contribution is 6.13. The zero-order chi connectivity index (χ0) is 51.5. The Balaban J connectivity index is 1.19. The molecule has 0 amide bonds. The highest BCUT2D eigenvalue weighted by Gasteiger charge is 2.15. The number of rotatable bonds is 4. The Labute approximate surface area is 313 Å². The maximum Gasteiger partial charge on any atom is 0.135 e. The number of pyridine rings is 2. The van der Waals surface area contributed by atoms with Crippen LogP contribution in [0.2, 0.25) is 0 Å². The third-order valence-corrected chi connectivity index (χ3v) is 8.10. The Hall–Kier alpha value is -6.58. The first-order valence-electron chi connectivity index (χ1n) is 25.8. The standard InChI is InChI=1S/C46H28N2O/c1-2-10-34-33(8-1)28-41(39-14-6-4-11-36(34)39)44-26-25-43(49-44)30-17-15-29(16-18-30)35-22-23-40(38-13-5-3-12-37(35)38)42-24-21-32-20-19-31-9-7-27-47-45(31)46(32)48-42/h1-28H/i1D,2D,4D,6D,7D,8D,9D,10D,11D,14D,15D,16D,17D,18D,19D,20D,21D,24D,25D,26D,27D,28D. The highest BCUT2D eigenvalue weighted by Crippen LogP contribution is 2.39. The summed E-state index contributed by atoms with van der Waals surface area (Å²) in [6.45, 7) is 0. The second-order valence-corrected chi connectivity index (χ2v) is 10.8. The lowest BCUT2D eigenvalue weighted by Gasteiger charge is -2.13. The summed E-state index contributed by atoms with van der Waals surface area (Å²) in [6, 6.07) is -4.73. The van der Waals surface area contributed by atoms with Crippen LogP contribution in [0.5, 0.6) is 0 Å². The molecule has 0 N–H and O–H groups in total. The lowest BCUT2D eigenvalue weighted by Crippen LogP contribution is -1.91. The van der Waals surface area contributed by atoms with Crippen molar-refractivity contribution in [3.63, 3.8) is 0 Å². The van der Waals surface area contributed by atoms with Gasteiger partial charge in [0.25, 0.3) is 0 Å². The van der Waals surface area contributed by atoms with Gasteiger partial charge in [-0.1, -0.05) is 133 Å². The van der Waals surface area contributed by atoms with E-state index in [0.29, 0.717) is 10.8 Å². The van der Waals surface area contributed by atoms with E-state index in [1.165, 1.54) is 12.1 Å². The van der Waals surface area contributed by atoms with E-state index in [4.69, 9.17) is 27.7 Å². The van der Waals surface area contributed by atoms with Gasteiger partial charge in [0.05, 0.1) is 46.9 Å². The summed E-state index contributed by atoms with van der Waals surface area (Å²) >= 11 is 0. The molecule has 49 heavy (non-hydrogen) atoms. The monoisotopic (exact) mass is 646 g/mol. The lowest BCUT2D eigenvalue weighted by atomic mass is 9.93. The van der Waals surface area contributed by atoms with Crippen molar-refractivity contribution < 1.29 is 34.6 Å². The number of hydrogen-bond acceptors (Lipinski definition) is 3. The van der Waals surface area contributed by atoms with Crippen molar-refractivity contribution in [2.75, 3.05) is 0 Å². The summed E-state index contributed by atoms with van der Waals surface area (Å²) in [5, 5.41) is -1.54. The van der Waals surface area contributed by atoms with Gasteiger partial charge in [-0.15, -0.1) is 0 Å². The van der Waals surface area contributed by atoms with Gasteiger partial charge in [-0.3, -0.25) is 4.98 Å². The molecule has 0 unspecified atom stereocenters. The fraction of sp³-hybridized carbons (Fsp3) is 0. The number of aromatic nitrogens is 2. The predicted octanol–water partition coefficient (Wildman–Crippen LogP) is 12.5. The maximum atomic E-state index is 9.30. The molecule has 0 saturated carbocycles. The van der Waals surface area contributed by atoms with Gasteiger partial charge in [0, 0.05) is 33.6 Å². The zero-order valence-electron chi connectivity index (χ0n) is 46.8. The normalized spacial score (nSPS) is 18.0. The molecule has 10 aromatic rings. The van der Waals surface area contributed by atoms with Gasteiger partial charge in [0.15, 0.2) is 0 Å². The number of hydrogen-bond donors (Lipinski definition) is 0. The van der Waals surface area contributed by atoms with Crippen molar-refractivity contribution in [1.82, 2.24) is 9.97 Å². The Morgan fingerprint density at radius 1 is 0.449 bits per heavy atom. The molecular weight excluding hydrogens is 597 g/mol. The first-order chi connectivity index (χ1) is 33.5. The number of benzene rings is 7. The molecule has 0 aliphatic carbocycles. The molecule has 0 fully saturated rings. The van der Waals surface area contributed by atoms with Gasteiger partial charge >= 0.3 is 0 Å². The van der Waals surface area contributed by atoms with Crippen molar-refractivity contribution >= 4 is 54.1 Å². The third kappa shape index (κ3) is 4.51. The molecule has 3 nitrogen and oxygen atoms in total. The second kappa shape index (κ2) is 11.0. The summed E-state index contributed by atoms with van der Waals surface area (Å²) in [5.74, 6) is -1.36. The lowest BCUT2D eigenvalue weighted by molar-refractivity contribution is 0.598. The van der Waals surface area contributed by atoms with Crippen LogP contribution in [-0.2, 0) is 0 Å². The minimum absolute atomic E-state index is 0.109. The molecule has 228 valence electrons. The minimum Gasteiger partial charge on any atom is -0.456 e. The fourth-order valence-electron chi connectivity index (χ4n) is 5.86. The summed E-state index contributed by atoms with van der Waals surface area (Å²) in [7, 11) is 0. The Morgan fingerprint density at radius 2 is 1.10 bits per heavy atom. The van der Waals surface area contributed by atoms with Crippen LogP contribution in [0.1, 0.15) is 30.2 Å². The van der Waals surface area contributed by atoms with Gasteiger partial charge in [0.2, 0.25) is 0 Å². The zero-order valence-corrected chi connectivity index (χ0v) is 24.8. The van der Waals surface area contributed by atoms with Crippen molar-refractivity contribution in [3.05, 3.63) is 169 Å². The summed E-state index contributed by atoms with van der Waals surface area (Å²) in [6.07, 6.45) is -0.599. The van der Waals surface area contributed by atoms with Crippen LogP contribution in [0.15, 0.2) is 174 Å². The van der Waals surface area contributed by atoms with Crippen LogP contribution >= 0.6 is 0 Å². The van der Waals surface area contributed by atoms with Gasteiger partial charge in [-0.25, -0.2) is 4.98 Å². The molecule has 0 aliphatic heterocycles. The van der Waals surface area contributed by atoms with E-state index in [2.05, 4.69) is 9.97 Å². The maximum absolute atomic E-state index is 9.30. The van der Waals surface area contributed by atoms with Crippen molar-refractivity contribution in [3.8, 4) is 45.0 Å². The Morgan fingerprint density at radius 3 is 1.96 bits per heavy atom. The fourth-order valence-corrected chi connectivity index (χ4v) is 5.86. The van der Waals surface area contributed by atoms with Crippen molar-refractivity contribution in [2.45, 2.75) is 0 Å². The van der Waals surface area contributed by atoms with Gasteiger partial charge < -0.3 is 4.42 Å². The first-order valence-corrected chi connectivity index (χ1v) is 14.8. The SMILES string of the molecule is [2H]c1nc2c(c([2H])c1[2H])c([2H])c([2H])c1c([2H])c([2H])c(-c3ccc(-c4c([2H])c([2H])c(-c5oc(-c6c([2H])c7c([2H])c([2H])c([2H])c([2H])c7c7c([2H])c([2H])c([2H])c([2H])c67)c([2H])c5[2H])c([2H])c4[2H])c4ccccc34)nc12. The van der Waals surface area contributed by atoms with E-state index in [1.807, 2.05) is 0 Å². The van der Waals surface area contributed by atoms with Crippen LogP contribution in [0.3, 0.4) is 0 Å². The molecule has 0 saturated heterocycles. The summed E-state index contributed by atoms with van der Waals surface area (Å²) < 4.78 is 199. The molecule has 0 spiro atoms. The summed E-state index contributed by atoms with van der Waals surface area (Å²) in [5.41, 5.74) is -1.43. The van der Waals surface area contributed by atoms with E-state index >= 15 is 0 Å². The van der Waals surface area contributed by atoms with E-state index in [-0.39, 0.29) is 44.2 Å². The van der Waals surface area contributed by atoms with Crippen molar-refractivity contribution in [2.24, 2.45) is 0 Å². The number of fused-ring (bicyclic) bond motifs is 7. The average Bonchev–Trinajstić information content (AvgIpc) is 3.63. The minimum atomic E-state index is -0.805. The van der Waals surface area contributed by atoms with Crippen LogP contribution in [0.25, 0.3) is 99.2 Å². The van der Waals surface area contributed by atoms with E-state index in [9.17, 15) is 6.85 Å². The third-order valence-electron chi connectivity index (χ3n) is 8.10. The molecule has 0 atom stereocenters. The molecular formula is C46H28N2O. The highest BCUT2D eigenvalue weighted by atomic mass is 16.3. The molecule has 3 heterocycles. The van der Waals surface area contributed by atoms with Crippen LogP contribution in [0, 0.1) is 0 Å². The second-order valence-electron chi connectivity index (χ2n) is 10.8. The van der Waals surface area contributed by atoms with Crippen LogP contribution < -0.4 is 0 Å². The summed E-state index contributed by atoms with van der Waals surface area (Å²) in [4.78, 5) is 8.77. The first kappa shape index (κ1) is 13.5. The quantitative estimate of drug-likeness (QED) is 0.179. The van der Waals surface area contributed by atoms with Crippen LogP contribution in [-0.4, -0.2) is 9.97 Å². The molecule has 0 aliphatic rings. The molecule has 3 aromatic heterocycles. The van der Waals surface area contributed by atoms with E-state index in [1.54, 1.807) is 24.3 Å².